The Morgan fingerprint density at radius 1 is 1.53 bits per heavy atom. The minimum absolute atomic E-state index is 0.773. The summed E-state index contributed by atoms with van der Waals surface area (Å²) < 4.78 is 0. The number of rotatable bonds is 6. The van der Waals surface area contributed by atoms with Gasteiger partial charge in [0.2, 0.25) is 0 Å². The monoisotopic (exact) mass is 223 g/mol. The first-order chi connectivity index (χ1) is 7.29. The Balaban J connectivity index is 1.79. The van der Waals surface area contributed by atoms with E-state index in [2.05, 4.69) is 30.6 Å². The molecule has 0 radical (unpaired) electrons. The third-order valence-electron chi connectivity index (χ3n) is 3.19. The average molecular weight is 223 g/mol. The van der Waals surface area contributed by atoms with Crippen LogP contribution in [0, 0.1) is 12.8 Å². The van der Waals surface area contributed by atoms with Crippen molar-refractivity contribution >= 4 is 11.3 Å². The standard InChI is InChI=1S/C13H21NS/c1-3-14-13(12-5-6-12)7-4-11-8-10(2)15-9-11/h8-9,12-14H,3-7H2,1-2H3. The molecule has 1 heterocycles. The molecule has 1 nitrogen and oxygen atoms in total. The number of hydrogen-bond donors (Lipinski definition) is 1. The van der Waals surface area contributed by atoms with Crippen LogP contribution in [0.4, 0.5) is 0 Å². The number of hydrogen-bond acceptors (Lipinski definition) is 2. The van der Waals surface area contributed by atoms with Gasteiger partial charge in [-0.05, 0) is 62.1 Å². The number of thiophene rings is 1. The van der Waals surface area contributed by atoms with E-state index >= 15 is 0 Å². The zero-order valence-electron chi connectivity index (χ0n) is 9.75. The molecule has 0 aromatic carbocycles. The van der Waals surface area contributed by atoms with Gasteiger partial charge in [-0.15, -0.1) is 11.3 Å². The topological polar surface area (TPSA) is 12.0 Å². The van der Waals surface area contributed by atoms with Crippen LogP contribution in [-0.2, 0) is 6.42 Å². The second-order valence-corrected chi connectivity index (χ2v) is 5.72. The van der Waals surface area contributed by atoms with Crippen molar-refractivity contribution in [3.05, 3.63) is 21.9 Å². The van der Waals surface area contributed by atoms with E-state index in [1.165, 1.54) is 36.1 Å². The van der Waals surface area contributed by atoms with E-state index in [0.29, 0.717) is 0 Å². The molecule has 1 unspecified atom stereocenters. The fourth-order valence-corrected chi connectivity index (χ4v) is 2.96. The zero-order valence-corrected chi connectivity index (χ0v) is 10.6. The summed E-state index contributed by atoms with van der Waals surface area (Å²) in [7, 11) is 0. The maximum Gasteiger partial charge on any atom is 0.00983 e. The SMILES string of the molecule is CCNC(CCc1csc(C)c1)C1CC1. The van der Waals surface area contributed by atoms with Crippen LogP contribution in [0.15, 0.2) is 11.4 Å². The van der Waals surface area contributed by atoms with Crippen molar-refractivity contribution in [1.29, 1.82) is 0 Å². The van der Waals surface area contributed by atoms with Crippen LogP contribution in [0.5, 0.6) is 0 Å². The average Bonchev–Trinajstić information content (AvgIpc) is 2.97. The largest absolute Gasteiger partial charge is 0.314 e. The molecule has 1 aromatic heterocycles. The molecule has 1 atom stereocenters. The van der Waals surface area contributed by atoms with Crippen LogP contribution in [0.3, 0.4) is 0 Å². The van der Waals surface area contributed by atoms with Gasteiger partial charge in [0, 0.05) is 10.9 Å². The maximum atomic E-state index is 3.62. The lowest BCUT2D eigenvalue weighted by Crippen LogP contribution is -2.31. The van der Waals surface area contributed by atoms with Gasteiger partial charge in [0.15, 0.2) is 0 Å². The first-order valence-electron chi connectivity index (χ1n) is 6.07. The first kappa shape index (κ1) is 11.2. The quantitative estimate of drug-likeness (QED) is 0.779. The van der Waals surface area contributed by atoms with Crippen LogP contribution in [-0.4, -0.2) is 12.6 Å². The molecule has 84 valence electrons. The number of nitrogens with one attached hydrogen (secondary N) is 1. The lowest BCUT2D eigenvalue weighted by Gasteiger charge is -2.16. The van der Waals surface area contributed by atoms with Crippen molar-refractivity contribution in [1.82, 2.24) is 5.32 Å². The van der Waals surface area contributed by atoms with Crippen LogP contribution in [0.1, 0.15) is 36.6 Å². The minimum Gasteiger partial charge on any atom is -0.314 e. The molecule has 1 aromatic rings. The molecule has 0 bridgehead atoms. The van der Waals surface area contributed by atoms with E-state index in [-0.39, 0.29) is 0 Å². The van der Waals surface area contributed by atoms with E-state index in [9.17, 15) is 0 Å². The molecule has 1 saturated carbocycles. The Kier molecular flexibility index (Phi) is 3.81. The van der Waals surface area contributed by atoms with Gasteiger partial charge in [0.25, 0.3) is 0 Å². The second-order valence-electron chi connectivity index (χ2n) is 4.61. The van der Waals surface area contributed by atoms with Crippen molar-refractivity contribution in [2.75, 3.05) is 6.54 Å². The van der Waals surface area contributed by atoms with Gasteiger partial charge in [0.05, 0.1) is 0 Å². The van der Waals surface area contributed by atoms with Crippen LogP contribution in [0.25, 0.3) is 0 Å². The Hall–Kier alpha value is -0.340. The summed E-state index contributed by atoms with van der Waals surface area (Å²) in [5.41, 5.74) is 1.53. The summed E-state index contributed by atoms with van der Waals surface area (Å²) >= 11 is 1.87. The van der Waals surface area contributed by atoms with Gasteiger partial charge >= 0.3 is 0 Å². The molecule has 0 saturated heterocycles. The third-order valence-corrected chi connectivity index (χ3v) is 4.10. The van der Waals surface area contributed by atoms with Crippen molar-refractivity contribution in [2.45, 2.75) is 45.6 Å². The highest BCUT2D eigenvalue weighted by molar-refractivity contribution is 7.10. The van der Waals surface area contributed by atoms with Crippen LogP contribution < -0.4 is 5.32 Å². The molecule has 1 aliphatic carbocycles. The van der Waals surface area contributed by atoms with Crippen LogP contribution >= 0.6 is 11.3 Å². The minimum atomic E-state index is 0.773. The molecule has 1 N–H and O–H groups in total. The van der Waals surface area contributed by atoms with Gasteiger partial charge < -0.3 is 5.32 Å². The summed E-state index contributed by atoms with van der Waals surface area (Å²) in [5.74, 6) is 0.977. The predicted octanol–water partition coefficient (Wildman–Crippen LogP) is 3.38. The Bertz CT molecular complexity index is 301. The van der Waals surface area contributed by atoms with Gasteiger partial charge in [-0.2, -0.15) is 0 Å². The molecule has 2 heteroatoms. The predicted molar refractivity (Wildman–Crippen MR) is 67.6 cm³/mol. The Morgan fingerprint density at radius 2 is 2.33 bits per heavy atom. The summed E-state index contributed by atoms with van der Waals surface area (Å²) in [5, 5.41) is 5.94. The molecule has 0 amide bonds. The number of aryl methyl sites for hydroxylation is 2. The highest BCUT2D eigenvalue weighted by Crippen LogP contribution is 2.34. The van der Waals surface area contributed by atoms with E-state index in [0.717, 1.165) is 18.5 Å². The molecule has 1 aliphatic rings. The Labute approximate surface area is 96.9 Å². The maximum absolute atomic E-state index is 3.62. The van der Waals surface area contributed by atoms with Gasteiger partial charge in [0.1, 0.15) is 0 Å². The molecular weight excluding hydrogens is 202 g/mol. The first-order valence-corrected chi connectivity index (χ1v) is 6.95. The van der Waals surface area contributed by atoms with Crippen molar-refractivity contribution < 1.29 is 0 Å². The van der Waals surface area contributed by atoms with E-state index in [4.69, 9.17) is 0 Å². The zero-order chi connectivity index (χ0) is 10.7. The molecule has 0 spiro atoms. The van der Waals surface area contributed by atoms with Crippen molar-refractivity contribution in [3.8, 4) is 0 Å². The molecule has 15 heavy (non-hydrogen) atoms. The van der Waals surface area contributed by atoms with E-state index in [1.807, 2.05) is 11.3 Å². The molecule has 2 rings (SSSR count). The Morgan fingerprint density at radius 3 is 2.87 bits per heavy atom. The van der Waals surface area contributed by atoms with Crippen LogP contribution in [0.2, 0.25) is 0 Å². The third kappa shape index (κ3) is 3.32. The van der Waals surface area contributed by atoms with Gasteiger partial charge in [-0.25, -0.2) is 0 Å². The fourth-order valence-electron chi connectivity index (χ4n) is 2.22. The lowest BCUT2D eigenvalue weighted by atomic mass is 10.0. The summed E-state index contributed by atoms with van der Waals surface area (Å²) in [6.07, 6.45) is 5.45. The molecule has 1 fully saturated rings. The lowest BCUT2D eigenvalue weighted by molar-refractivity contribution is 0.446. The fraction of sp³-hybridized carbons (Fsp3) is 0.692. The highest BCUT2D eigenvalue weighted by Gasteiger charge is 2.29. The highest BCUT2D eigenvalue weighted by atomic mass is 32.1. The summed E-state index contributed by atoms with van der Waals surface area (Å²) in [6.45, 7) is 5.52. The normalized spacial score (nSPS) is 18.0. The molecular formula is C13H21NS. The van der Waals surface area contributed by atoms with Crippen molar-refractivity contribution in [3.63, 3.8) is 0 Å². The molecule has 0 aliphatic heterocycles. The van der Waals surface area contributed by atoms with E-state index in [1.54, 1.807) is 0 Å². The van der Waals surface area contributed by atoms with E-state index < -0.39 is 0 Å². The smallest absolute Gasteiger partial charge is 0.00983 e. The second kappa shape index (κ2) is 5.13. The van der Waals surface area contributed by atoms with Gasteiger partial charge in [-0.1, -0.05) is 6.92 Å². The van der Waals surface area contributed by atoms with Gasteiger partial charge in [-0.3, -0.25) is 0 Å². The summed E-state index contributed by atoms with van der Waals surface area (Å²) in [6, 6.07) is 3.11. The summed E-state index contributed by atoms with van der Waals surface area (Å²) in [4.78, 5) is 1.44. The van der Waals surface area contributed by atoms with Crippen molar-refractivity contribution in [2.24, 2.45) is 5.92 Å².